The number of pyridine rings is 1. The van der Waals surface area contributed by atoms with Crippen LogP contribution in [0.1, 0.15) is 12.8 Å². The van der Waals surface area contributed by atoms with Gasteiger partial charge in [-0.2, -0.15) is 0 Å². The number of anilines is 1. The summed E-state index contributed by atoms with van der Waals surface area (Å²) in [5.41, 5.74) is 5.11. The van der Waals surface area contributed by atoms with Crippen molar-refractivity contribution in [2.24, 2.45) is 5.73 Å². The number of nitrogens with zero attached hydrogens (tertiary/aromatic N) is 1. The fourth-order valence-electron chi connectivity index (χ4n) is 1.18. The average molecular weight is 296 g/mol. The van der Waals surface area contributed by atoms with E-state index in [4.69, 9.17) is 5.73 Å². The van der Waals surface area contributed by atoms with Crippen molar-refractivity contribution >= 4 is 48.3 Å². The third-order valence-corrected chi connectivity index (χ3v) is 3.17. The molecule has 1 amide bonds. The molecular formula is C10H15Cl2N3OS. The van der Waals surface area contributed by atoms with Gasteiger partial charge in [0.15, 0.2) is 0 Å². The summed E-state index contributed by atoms with van der Waals surface area (Å²) < 4.78 is 0. The first kappa shape index (κ1) is 16.5. The molecule has 0 spiro atoms. The first-order valence-corrected chi connectivity index (χ1v) is 5.97. The van der Waals surface area contributed by atoms with E-state index in [2.05, 4.69) is 10.3 Å². The van der Waals surface area contributed by atoms with E-state index < -0.39 is 5.54 Å². The Morgan fingerprint density at radius 2 is 2.12 bits per heavy atom. The highest BCUT2D eigenvalue weighted by molar-refractivity contribution is 7.98. The third-order valence-electron chi connectivity index (χ3n) is 2.45. The summed E-state index contributed by atoms with van der Waals surface area (Å²) >= 11 is 1.61. The molecule has 1 aliphatic carbocycles. The molecule has 96 valence electrons. The zero-order valence-corrected chi connectivity index (χ0v) is 11.8. The van der Waals surface area contributed by atoms with E-state index in [9.17, 15) is 4.79 Å². The summed E-state index contributed by atoms with van der Waals surface area (Å²) in [7, 11) is 0. The van der Waals surface area contributed by atoms with Gasteiger partial charge >= 0.3 is 0 Å². The summed E-state index contributed by atoms with van der Waals surface area (Å²) in [6.07, 6.45) is 5.24. The number of nitrogens with one attached hydrogen (secondary N) is 1. The van der Waals surface area contributed by atoms with Gasteiger partial charge < -0.3 is 11.1 Å². The zero-order chi connectivity index (χ0) is 10.9. The molecule has 0 unspecified atom stereocenters. The molecule has 1 saturated carbocycles. The van der Waals surface area contributed by atoms with Gasteiger partial charge in [0.05, 0.1) is 5.54 Å². The van der Waals surface area contributed by atoms with Crippen LogP contribution < -0.4 is 11.1 Å². The van der Waals surface area contributed by atoms with Crippen LogP contribution in [0.25, 0.3) is 0 Å². The van der Waals surface area contributed by atoms with Gasteiger partial charge in [-0.3, -0.25) is 4.79 Å². The normalized spacial score (nSPS) is 15.2. The van der Waals surface area contributed by atoms with Gasteiger partial charge in [0.25, 0.3) is 0 Å². The number of carbonyl (C=O) groups excluding carboxylic acids is 1. The van der Waals surface area contributed by atoms with Crippen LogP contribution in [0, 0.1) is 0 Å². The Morgan fingerprint density at radius 1 is 1.47 bits per heavy atom. The maximum Gasteiger partial charge on any atom is 0.245 e. The molecule has 1 heterocycles. The zero-order valence-electron chi connectivity index (χ0n) is 9.30. The summed E-state index contributed by atoms with van der Waals surface area (Å²) in [6.45, 7) is 0. The van der Waals surface area contributed by atoms with Gasteiger partial charge in [0.2, 0.25) is 5.91 Å². The van der Waals surface area contributed by atoms with Crippen molar-refractivity contribution in [2.45, 2.75) is 23.3 Å². The van der Waals surface area contributed by atoms with Gasteiger partial charge in [-0.25, -0.2) is 4.98 Å². The molecule has 0 aromatic carbocycles. The van der Waals surface area contributed by atoms with Crippen molar-refractivity contribution < 1.29 is 4.79 Å². The van der Waals surface area contributed by atoms with Crippen LogP contribution >= 0.6 is 36.6 Å². The van der Waals surface area contributed by atoms with Crippen LogP contribution in [0.15, 0.2) is 23.2 Å². The largest absolute Gasteiger partial charge is 0.317 e. The summed E-state index contributed by atoms with van der Waals surface area (Å²) in [5.74, 6) is 0.432. The Balaban J connectivity index is 0.00000128. The SMILES string of the molecule is CSc1ccc(NC(=O)C2(N)CC2)nc1.Cl.Cl. The Labute approximate surface area is 117 Å². The topological polar surface area (TPSA) is 68.0 Å². The Hall–Kier alpha value is -0.490. The van der Waals surface area contributed by atoms with E-state index >= 15 is 0 Å². The molecule has 0 radical (unpaired) electrons. The maximum atomic E-state index is 11.6. The lowest BCUT2D eigenvalue weighted by Gasteiger charge is -2.09. The minimum absolute atomic E-state index is 0. The van der Waals surface area contributed by atoms with Crippen LogP contribution in [-0.4, -0.2) is 22.7 Å². The van der Waals surface area contributed by atoms with E-state index in [0.717, 1.165) is 17.7 Å². The van der Waals surface area contributed by atoms with Gasteiger partial charge in [0.1, 0.15) is 5.82 Å². The van der Waals surface area contributed by atoms with Crippen molar-refractivity contribution in [3.63, 3.8) is 0 Å². The second-order valence-electron chi connectivity index (χ2n) is 3.69. The van der Waals surface area contributed by atoms with Crippen molar-refractivity contribution in [1.82, 2.24) is 4.98 Å². The monoisotopic (exact) mass is 295 g/mol. The van der Waals surface area contributed by atoms with Crippen LogP contribution in [0.3, 0.4) is 0 Å². The van der Waals surface area contributed by atoms with E-state index in [-0.39, 0.29) is 30.7 Å². The van der Waals surface area contributed by atoms with E-state index in [1.165, 1.54) is 0 Å². The summed E-state index contributed by atoms with van der Waals surface area (Å²) in [4.78, 5) is 16.8. The minimum Gasteiger partial charge on any atom is -0.317 e. The smallest absolute Gasteiger partial charge is 0.245 e. The number of halogens is 2. The fourth-order valence-corrected chi connectivity index (χ4v) is 1.54. The highest BCUT2D eigenvalue weighted by atomic mass is 35.5. The Bertz CT molecular complexity index is 382. The van der Waals surface area contributed by atoms with Gasteiger partial charge in [-0.05, 0) is 31.2 Å². The number of hydrogen-bond acceptors (Lipinski definition) is 4. The number of carbonyl (C=O) groups is 1. The van der Waals surface area contributed by atoms with Crippen molar-refractivity contribution in [3.8, 4) is 0 Å². The molecule has 17 heavy (non-hydrogen) atoms. The molecule has 0 atom stereocenters. The standard InChI is InChI=1S/C10H13N3OS.2ClH/c1-15-7-2-3-8(12-6-7)13-9(14)10(11)4-5-10;;/h2-3,6H,4-5,11H2,1H3,(H,12,13,14);2*1H. The molecular weight excluding hydrogens is 281 g/mol. The Morgan fingerprint density at radius 3 is 2.53 bits per heavy atom. The van der Waals surface area contributed by atoms with Crippen LogP contribution in [0.5, 0.6) is 0 Å². The summed E-state index contributed by atoms with van der Waals surface area (Å²) in [5, 5.41) is 2.71. The van der Waals surface area contributed by atoms with Crippen molar-refractivity contribution in [1.29, 1.82) is 0 Å². The van der Waals surface area contributed by atoms with Gasteiger partial charge in [-0.15, -0.1) is 36.6 Å². The lowest BCUT2D eigenvalue weighted by Crippen LogP contribution is -2.38. The molecule has 3 N–H and O–H groups in total. The second-order valence-corrected chi connectivity index (χ2v) is 4.57. The quantitative estimate of drug-likeness (QED) is 0.838. The molecule has 4 nitrogen and oxygen atoms in total. The number of thioether (sulfide) groups is 1. The average Bonchev–Trinajstić information content (AvgIpc) is 2.99. The number of amides is 1. The second kappa shape index (κ2) is 6.44. The highest BCUT2D eigenvalue weighted by Crippen LogP contribution is 2.33. The van der Waals surface area contributed by atoms with E-state index in [1.807, 2.05) is 12.3 Å². The third kappa shape index (κ3) is 4.03. The number of nitrogens with two attached hydrogens (primary N) is 1. The fraction of sp³-hybridized carbons (Fsp3) is 0.400. The summed E-state index contributed by atoms with van der Waals surface area (Å²) in [6, 6.07) is 3.71. The molecule has 1 fully saturated rings. The highest BCUT2D eigenvalue weighted by Gasteiger charge is 2.46. The first-order chi connectivity index (χ1) is 7.14. The number of rotatable bonds is 3. The molecule has 0 aliphatic heterocycles. The molecule has 0 saturated heterocycles. The van der Waals surface area contributed by atoms with E-state index in [0.29, 0.717) is 5.82 Å². The molecule has 1 aromatic rings. The lowest BCUT2D eigenvalue weighted by atomic mass is 10.3. The maximum absolute atomic E-state index is 11.6. The van der Waals surface area contributed by atoms with Crippen LogP contribution in [0.4, 0.5) is 5.82 Å². The van der Waals surface area contributed by atoms with Crippen molar-refractivity contribution in [3.05, 3.63) is 18.3 Å². The first-order valence-electron chi connectivity index (χ1n) is 4.74. The van der Waals surface area contributed by atoms with Crippen LogP contribution in [-0.2, 0) is 4.79 Å². The number of aromatic nitrogens is 1. The van der Waals surface area contributed by atoms with E-state index in [1.54, 1.807) is 24.0 Å². The van der Waals surface area contributed by atoms with Crippen LogP contribution in [0.2, 0.25) is 0 Å². The minimum atomic E-state index is -0.639. The predicted molar refractivity (Wildman–Crippen MR) is 75.3 cm³/mol. The predicted octanol–water partition coefficient (Wildman–Crippen LogP) is 2.08. The molecule has 1 aliphatic rings. The molecule has 2 rings (SSSR count). The van der Waals surface area contributed by atoms with Crippen molar-refractivity contribution in [2.75, 3.05) is 11.6 Å². The van der Waals surface area contributed by atoms with Gasteiger partial charge in [0, 0.05) is 11.1 Å². The molecule has 1 aromatic heterocycles. The lowest BCUT2D eigenvalue weighted by molar-refractivity contribution is -0.118. The number of hydrogen-bond donors (Lipinski definition) is 2. The molecule has 7 heteroatoms. The van der Waals surface area contributed by atoms with Gasteiger partial charge in [-0.1, -0.05) is 0 Å². The Kier molecular flexibility index (Phi) is 6.26. The molecule has 0 bridgehead atoms.